The summed E-state index contributed by atoms with van der Waals surface area (Å²) in [6.45, 7) is 0. The fraction of sp³-hybridized carbons (Fsp3) is 0.333. The first kappa shape index (κ1) is 17.5. The van der Waals surface area contributed by atoms with Crippen LogP contribution in [-0.4, -0.2) is 12.1 Å². The van der Waals surface area contributed by atoms with Crippen molar-refractivity contribution < 1.29 is 26.3 Å². The molecule has 0 bridgehead atoms. The number of rotatable bonds is 2. The highest BCUT2D eigenvalue weighted by Crippen LogP contribution is 2.43. The maximum absolute atomic E-state index is 12.9. The van der Waals surface area contributed by atoms with E-state index in [1.165, 1.54) is 0 Å². The number of halogens is 8. The average Bonchev–Trinajstić information content (AvgIpc) is 2.19. The minimum atomic E-state index is -5.76. The summed E-state index contributed by atoms with van der Waals surface area (Å²) in [6, 6.07) is -0.255. The van der Waals surface area contributed by atoms with Gasteiger partial charge in [0.2, 0.25) is 0 Å². The van der Waals surface area contributed by atoms with Crippen molar-refractivity contribution in [3.63, 3.8) is 0 Å². The number of alkyl halides is 5. The van der Waals surface area contributed by atoms with E-state index >= 15 is 0 Å². The van der Waals surface area contributed by atoms with Crippen LogP contribution in [0.4, 0.5) is 26.3 Å². The van der Waals surface area contributed by atoms with Crippen molar-refractivity contribution in [2.75, 3.05) is 0 Å². The molecule has 0 unspecified atom stereocenters. The number of nitrogens with two attached hydrogens (primary N) is 1. The second-order valence-corrected chi connectivity index (χ2v) is 4.13. The van der Waals surface area contributed by atoms with E-state index in [0.29, 0.717) is 0 Å². The van der Waals surface area contributed by atoms with E-state index in [-0.39, 0.29) is 16.9 Å². The van der Waals surface area contributed by atoms with Gasteiger partial charge in [-0.05, 0) is 33.6 Å². The second kappa shape index (κ2) is 5.66. The van der Waals surface area contributed by atoms with Crippen LogP contribution in [0.25, 0.3) is 0 Å². The molecule has 0 aliphatic heterocycles. The molecule has 18 heavy (non-hydrogen) atoms. The fourth-order valence-electron chi connectivity index (χ4n) is 1.09. The summed E-state index contributed by atoms with van der Waals surface area (Å²) in [6.07, 6.45) is -5.76. The van der Waals surface area contributed by atoms with Gasteiger partial charge < -0.3 is 5.73 Å². The highest BCUT2D eigenvalue weighted by molar-refractivity contribution is 9.10. The Hall–Kier alpha value is -0.470. The topological polar surface area (TPSA) is 26.0 Å². The Morgan fingerprint density at radius 1 is 1.11 bits per heavy atom. The van der Waals surface area contributed by atoms with Gasteiger partial charge in [0.05, 0.1) is 4.47 Å². The zero-order chi connectivity index (χ0) is 13.4. The summed E-state index contributed by atoms with van der Waals surface area (Å²) in [5.41, 5.74) is 4.35. The standard InChI is InChI=1S/C9H6BrF6N.ClH/c10-5-3-4(1-2-6(5)11)7(17)8(12,13)9(14,15)16;/h1-3,7H,17H2;1H/t7-;/m1./s1. The fourth-order valence-corrected chi connectivity index (χ4v) is 1.49. The van der Waals surface area contributed by atoms with Gasteiger partial charge in [-0.1, -0.05) is 6.07 Å². The molecule has 0 aliphatic rings. The van der Waals surface area contributed by atoms with Crippen molar-refractivity contribution in [1.29, 1.82) is 0 Å². The third kappa shape index (κ3) is 3.30. The molecule has 0 fully saturated rings. The van der Waals surface area contributed by atoms with Crippen molar-refractivity contribution in [3.8, 4) is 0 Å². The summed E-state index contributed by atoms with van der Waals surface area (Å²) < 4.78 is 74.4. The van der Waals surface area contributed by atoms with Gasteiger partial charge in [-0.25, -0.2) is 4.39 Å². The van der Waals surface area contributed by atoms with Crippen molar-refractivity contribution >= 4 is 28.3 Å². The van der Waals surface area contributed by atoms with Gasteiger partial charge in [-0.15, -0.1) is 12.4 Å². The van der Waals surface area contributed by atoms with Gasteiger partial charge in [0, 0.05) is 0 Å². The first-order chi connectivity index (χ1) is 7.57. The monoisotopic (exact) mass is 357 g/mol. The van der Waals surface area contributed by atoms with E-state index < -0.39 is 29.5 Å². The van der Waals surface area contributed by atoms with E-state index in [4.69, 9.17) is 5.73 Å². The van der Waals surface area contributed by atoms with Crippen molar-refractivity contribution in [2.24, 2.45) is 5.73 Å². The van der Waals surface area contributed by atoms with Crippen LogP contribution < -0.4 is 5.73 Å². The van der Waals surface area contributed by atoms with Crippen LogP contribution in [0.1, 0.15) is 11.6 Å². The number of benzene rings is 1. The van der Waals surface area contributed by atoms with E-state index in [2.05, 4.69) is 15.9 Å². The van der Waals surface area contributed by atoms with Crippen LogP contribution in [0.2, 0.25) is 0 Å². The Morgan fingerprint density at radius 2 is 1.61 bits per heavy atom. The molecule has 0 saturated heterocycles. The van der Waals surface area contributed by atoms with Gasteiger partial charge >= 0.3 is 12.1 Å². The molecule has 0 radical (unpaired) electrons. The predicted octanol–water partition coefficient (Wildman–Crippen LogP) is 4.21. The molecule has 0 spiro atoms. The van der Waals surface area contributed by atoms with Gasteiger partial charge in [0.15, 0.2) is 0 Å². The van der Waals surface area contributed by atoms with E-state index in [1.807, 2.05) is 0 Å². The molecule has 1 rings (SSSR count). The second-order valence-electron chi connectivity index (χ2n) is 3.27. The molecule has 1 nitrogen and oxygen atoms in total. The predicted molar refractivity (Wildman–Crippen MR) is 59.3 cm³/mol. The van der Waals surface area contributed by atoms with Crippen LogP contribution in [0, 0.1) is 5.82 Å². The zero-order valence-corrected chi connectivity index (χ0v) is 10.8. The highest BCUT2D eigenvalue weighted by atomic mass is 79.9. The SMILES string of the molecule is Cl.N[C@H](c1ccc(F)c(Br)c1)C(F)(F)C(F)(F)F. The molecule has 1 atom stereocenters. The van der Waals surface area contributed by atoms with Gasteiger partial charge in [-0.3, -0.25) is 0 Å². The Bertz CT molecular complexity index is 422. The normalized spacial score (nSPS) is 14.0. The molecule has 0 amide bonds. The lowest BCUT2D eigenvalue weighted by Gasteiger charge is -2.26. The summed E-state index contributed by atoms with van der Waals surface area (Å²) in [5.74, 6) is -5.86. The smallest absolute Gasteiger partial charge is 0.319 e. The first-order valence-corrected chi connectivity index (χ1v) is 5.01. The van der Waals surface area contributed by atoms with Crippen molar-refractivity contribution in [3.05, 3.63) is 34.1 Å². The van der Waals surface area contributed by atoms with Crippen molar-refractivity contribution in [1.82, 2.24) is 0 Å². The molecular weight excluding hydrogens is 351 g/mol. The lowest BCUT2D eigenvalue weighted by Crippen LogP contribution is -2.45. The van der Waals surface area contributed by atoms with Crippen LogP contribution in [0.15, 0.2) is 22.7 Å². The Labute approximate surface area is 113 Å². The molecular formula is C9H7BrClF6N. The molecule has 0 saturated carbocycles. The number of hydrogen-bond donors (Lipinski definition) is 1. The Kier molecular flexibility index (Phi) is 5.52. The molecule has 2 N–H and O–H groups in total. The van der Waals surface area contributed by atoms with Crippen molar-refractivity contribution in [2.45, 2.75) is 18.1 Å². The third-order valence-electron chi connectivity index (χ3n) is 2.07. The molecule has 9 heteroatoms. The van der Waals surface area contributed by atoms with Gasteiger partial charge in [0.25, 0.3) is 0 Å². The molecule has 1 aromatic rings. The van der Waals surface area contributed by atoms with Gasteiger partial charge in [0.1, 0.15) is 11.9 Å². The molecule has 0 heterocycles. The van der Waals surface area contributed by atoms with E-state index in [0.717, 1.165) is 18.2 Å². The van der Waals surface area contributed by atoms with Crippen LogP contribution in [0.5, 0.6) is 0 Å². The Morgan fingerprint density at radius 3 is 2.00 bits per heavy atom. The first-order valence-electron chi connectivity index (χ1n) is 4.22. The molecule has 104 valence electrons. The molecule has 1 aromatic carbocycles. The maximum atomic E-state index is 12.9. The minimum Gasteiger partial charge on any atom is -0.319 e. The largest absolute Gasteiger partial charge is 0.455 e. The summed E-state index contributed by atoms with van der Waals surface area (Å²) in [5, 5.41) is 0. The highest BCUT2D eigenvalue weighted by Gasteiger charge is 2.61. The van der Waals surface area contributed by atoms with Crippen LogP contribution >= 0.6 is 28.3 Å². The zero-order valence-electron chi connectivity index (χ0n) is 8.44. The van der Waals surface area contributed by atoms with Crippen LogP contribution in [-0.2, 0) is 0 Å². The maximum Gasteiger partial charge on any atom is 0.455 e. The minimum absolute atomic E-state index is 0. The molecule has 0 aliphatic carbocycles. The summed E-state index contributed by atoms with van der Waals surface area (Å²) >= 11 is 2.67. The quantitative estimate of drug-likeness (QED) is 0.788. The Balaban J connectivity index is 0.00000289. The van der Waals surface area contributed by atoms with E-state index in [1.54, 1.807) is 0 Å². The van der Waals surface area contributed by atoms with Gasteiger partial charge in [-0.2, -0.15) is 22.0 Å². The summed E-state index contributed by atoms with van der Waals surface area (Å²) in [7, 11) is 0. The number of hydrogen-bond acceptors (Lipinski definition) is 1. The molecule has 0 aromatic heterocycles. The van der Waals surface area contributed by atoms with Crippen LogP contribution in [0.3, 0.4) is 0 Å². The lowest BCUT2D eigenvalue weighted by atomic mass is 10.0. The lowest BCUT2D eigenvalue weighted by molar-refractivity contribution is -0.291. The summed E-state index contributed by atoms with van der Waals surface area (Å²) in [4.78, 5) is 0. The van der Waals surface area contributed by atoms with E-state index in [9.17, 15) is 26.3 Å². The average molecular weight is 359 g/mol. The third-order valence-corrected chi connectivity index (χ3v) is 2.68.